The molecule has 2 saturated heterocycles. The molecule has 0 saturated carbocycles. The number of hydrogen-bond acceptors (Lipinski definition) is 7. The molecule has 10 heteroatoms. The summed E-state index contributed by atoms with van der Waals surface area (Å²) in [5.41, 5.74) is 1.23. The molecule has 3 heterocycles. The average molecular weight is 573 g/mol. The highest BCUT2D eigenvalue weighted by atomic mass is 32.2. The standard InChI is InChI=1S/C29H40N4O4S2/c1-3-32-26(31-16-12-10-13-17-31)22(21(2)23(20-30)27(32)36)19-24-28(37)33(29(38)39-24)18-14-9-7-5-4-6-8-11-15-25(34)35/h19H,3-18H2,1-2H3,(H,34,35). The maximum atomic E-state index is 13.4. The lowest BCUT2D eigenvalue weighted by Gasteiger charge is -2.33. The molecule has 0 atom stereocenters. The van der Waals surface area contributed by atoms with Crippen LogP contribution >= 0.6 is 24.0 Å². The van der Waals surface area contributed by atoms with Gasteiger partial charge in [-0.1, -0.05) is 62.5 Å². The number of anilines is 1. The van der Waals surface area contributed by atoms with E-state index in [1.54, 1.807) is 16.4 Å². The highest BCUT2D eigenvalue weighted by Gasteiger charge is 2.33. The van der Waals surface area contributed by atoms with E-state index in [2.05, 4.69) is 11.0 Å². The van der Waals surface area contributed by atoms with Gasteiger partial charge in [-0.2, -0.15) is 5.26 Å². The molecule has 0 unspecified atom stereocenters. The number of rotatable bonds is 14. The minimum Gasteiger partial charge on any atom is -0.481 e. The molecule has 1 aromatic heterocycles. The fourth-order valence-corrected chi connectivity index (χ4v) is 6.60. The number of pyridine rings is 1. The first-order valence-corrected chi connectivity index (χ1v) is 15.4. The number of carboxylic acid groups (broad SMARTS) is 1. The molecule has 2 fully saturated rings. The zero-order valence-electron chi connectivity index (χ0n) is 23.2. The van der Waals surface area contributed by atoms with Crippen molar-refractivity contribution in [1.29, 1.82) is 5.26 Å². The predicted octanol–water partition coefficient (Wildman–Crippen LogP) is 5.84. The fraction of sp³-hybridized carbons (Fsp3) is 0.621. The number of thiocarbonyl (C=S) groups is 1. The Kier molecular flexibility index (Phi) is 12.1. The van der Waals surface area contributed by atoms with Gasteiger partial charge in [0, 0.05) is 38.2 Å². The molecule has 3 rings (SSSR count). The van der Waals surface area contributed by atoms with E-state index in [9.17, 15) is 19.6 Å². The second-order valence-corrected chi connectivity index (χ2v) is 11.9. The third-order valence-corrected chi connectivity index (χ3v) is 8.87. The normalized spacial score (nSPS) is 16.8. The first-order valence-electron chi connectivity index (χ1n) is 14.2. The quantitative estimate of drug-likeness (QED) is 0.168. The van der Waals surface area contributed by atoms with Gasteiger partial charge in [-0.25, -0.2) is 0 Å². The Morgan fingerprint density at radius 2 is 1.67 bits per heavy atom. The number of aromatic nitrogens is 1. The van der Waals surface area contributed by atoms with E-state index < -0.39 is 5.97 Å². The van der Waals surface area contributed by atoms with E-state index in [1.165, 1.54) is 11.8 Å². The van der Waals surface area contributed by atoms with Gasteiger partial charge in [0.15, 0.2) is 0 Å². The van der Waals surface area contributed by atoms with Crippen molar-refractivity contribution in [2.75, 3.05) is 24.5 Å². The lowest BCUT2D eigenvalue weighted by Crippen LogP contribution is -2.37. The fourth-order valence-electron chi connectivity index (χ4n) is 5.31. The third-order valence-electron chi connectivity index (χ3n) is 7.49. The average Bonchev–Trinajstić information content (AvgIpc) is 3.18. The Hall–Kier alpha value is -2.64. The van der Waals surface area contributed by atoms with Crippen LogP contribution in [0.4, 0.5) is 5.82 Å². The molecule has 2 aliphatic heterocycles. The van der Waals surface area contributed by atoms with Gasteiger partial charge in [0.25, 0.3) is 11.5 Å². The van der Waals surface area contributed by atoms with Crippen LogP contribution in [0.3, 0.4) is 0 Å². The molecule has 39 heavy (non-hydrogen) atoms. The second kappa shape index (κ2) is 15.2. The summed E-state index contributed by atoms with van der Waals surface area (Å²) in [6.07, 6.45) is 13.3. The highest BCUT2D eigenvalue weighted by Crippen LogP contribution is 2.36. The third kappa shape index (κ3) is 7.95. The number of piperidine rings is 1. The van der Waals surface area contributed by atoms with Crippen molar-refractivity contribution in [2.45, 2.75) is 97.4 Å². The van der Waals surface area contributed by atoms with Crippen molar-refractivity contribution in [3.05, 3.63) is 31.9 Å². The number of amides is 1. The van der Waals surface area contributed by atoms with E-state index in [0.717, 1.165) is 95.1 Å². The zero-order chi connectivity index (χ0) is 28.4. The first kappa shape index (κ1) is 30.9. The Morgan fingerprint density at radius 1 is 1.05 bits per heavy atom. The van der Waals surface area contributed by atoms with Gasteiger partial charge in [0.2, 0.25) is 0 Å². The molecule has 0 aliphatic carbocycles. The van der Waals surface area contributed by atoms with E-state index >= 15 is 0 Å². The van der Waals surface area contributed by atoms with Gasteiger partial charge >= 0.3 is 5.97 Å². The van der Waals surface area contributed by atoms with Crippen molar-refractivity contribution in [3.63, 3.8) is 0 Å². The van der Waals surface area contributed by atoms with Crippen molar-refractivity contribution in [3.8, 4) is 6.07 Å². The van der Waals surface area contributed by atoms with Crippen molar-refractivity contribution in [1.82, 2.24) is 9.47 Å². The summed E-state index contributed by atoms with van der Waals surface area (Å²) in [5.74, 6) is -0.0397. The number of hydrogen-bond donors (Lipinski definition) is 1. The number of nitriles is 1. The van der Waals surface area contributed by atoms with Crippen LogP contribution in [0.5, 0.6) is 0 Å². The maximum Gasteiger partial charge on any atom is 0.303 e. The largest absolute Gasteiger partial charge is 0.481 e. The highest BCUT2D eigenvalue weighted by molar-refractivity contribution is 8.26. The number of unbranched alkanes of at least 4 members (excludes halogenated alkanes) is 7. The summed E-state index contributed by atoms with van der Waals surface area (Å²) in [6.45, 7) is 6.42. The predicted molar refractivity (Wildman–Crippen MR) is 161 cm³/mol. The summed E-state index contributed by atoms with van der Waals surface area (Å²) in [7, 11) is 0. The number of thioether (sulfide) groups is 1. The molecule has 1 N–H and O–H groups in total. The summed E-state index contributed by atoms with van der Waals surface area (Å²) >= 11 is 6.86. The van der Waals surface area contributed by atoms with Gasteiger partial charge in [-0.05, 0) is 57.6 Å². The minimum absolute atomic E-state index is 0.111. The zero-order valence-corrected chi connectivity index (χ0v) is 24.8. The van der Waals surface area contributed by atoms with Crippen LogP contribution in [0.2, 0.25) is 0 Å². The summed E-state index contributed by atoms with van der Waals surface area (Å²) in [6, 6.07) is 2.09. The molecular weight excluding hydrogens is 532 g/mol. The molecule has 8 nitrogen and oxygen atoms in total. The Balaban J connectivity index is 1.68. The molecule has 0 radical (unpaired) electrons. The van der Waals surface area contributed by atoms with Crippen LogP contribution in [0, 0.1) is 18.3 Å². The minimum atomic E-state index is -0.727. The number of nitrogens with zero attached hydrogens (tertiary/aromatic N) is 4. The smallest absolute Gasteiger partial charge is 0.303 e. The molecule has 1 aromatic rings. The number of aliphatic carboxylic acids is 1. The molecule has 0 bridgehead atoms. The lowest BCUT2D eigenvalue weighted by molar-refractivity contribution is -0.137. The van der Waals surface area contributed by atoms with E-state index in [4.69, 9.17) is 17.3 Å². The summed E-state index contributed by atoms with van der Waals surface area (Å²) < 4.78 is 2.22. The maximum absolute atomic E-state index is 13.4. The van der Waals surface area contributed by atoms with Gasteiger partial charge in [-0.3, -0.25) is 23.9 Å². The van der Waals surface area contributed by atoms with Crippen LogP contribution in [-0.4, -0.2) is 50.4 Å². The van der Waals surface area contributed by atoms with Crippen LogP contribution in [0.1, 0.15) is 101 Å². The van der Waals surface area contributed by atoms with E-state index in [-0.39, 0.29) is 23.5 Å². The van der Waals surface area contributed by atoms with Crippen LogP contribution in [0.15, 0.2) is 9.70 Å². The Labute approximate surface area is 241 Å². The van der Waals surface area contributed by atoms with Crippen LogP contribution < -0.4 is 10.5 Å². The van der Waals surface area contributed by atoms with E-state index in [1.807, 2.05) is 13.0 Å². The molecular formula is C29H40N4O4S2. The lowest BCUT2D eigenvalue weighted by atomic mass is 10.0. The van der Waals surface area contributed by atoms with Crippen molar-refractivity contribution < 1.29 is 14.7 Å². The Bertz CT molecular complexity index is 1200. The molecule has 0 aromatic carbocycles. The van der Waals surface area contributed by atoms with Crippen LogP contribution in [-0.2, 0) is 16.1 Å². The van der Waals surface area contributed by atoms with Gasteiger partial charge in [0.1, 0.15) is 21.8 Å². The van der Waals surface area contributed by atoms with Gasteiger partial charge in [-0.15, -0.1) is 0 Å². The Morgan fingerprint density at radius 3 is 2.26 bits per heavy atom. The number of carboxylic acids is 1. The van der Waals surface area contributed by atoms with E-state index in [0.29, 0.717) is 27.9 Å². The molecule has 0 spiro atoms. The second-order valence-electron chi connectivity index (χ2n) is 10.3. The molecule has 212 valence electrons. The van der Waals surface area contributed by atoms with Crippen molar-refractivity contribution in [2.24, 2.45) is 0 Å². The molecule has 1 amide bonds. The number of carbonyl (C=O) groups is 2. The summed E-state index contributed by atoms with van der Waals surface area (Å²) in [5, 5.41) is 18.4. The summed E-state index contributed by atoms with van der Waals surface area (Å²) in [4.78, 5) is 41.5. The SMILES string of the molecule is CCn1c(N2CCCCC2)c(C=C2SC(=S)N(CCCCCCCCCCC(=O)O)C2=O)c(C)c(C#N)c1=O. The first-order chi connectivity index (χ1) is 18.8. The topological polar surface area (TPSA) is 107 Å². The van der Waals surface area contributed by atoms with Crippen LogP contribution in [0.25, 0.3) is 6.08 Å². The van der Waals surface area contributed by atoms with Gasteiger partial charge in [0.05, 0.1) is 4.91 Å². The van der Waals surface area contributed by atoms with Crippen molar-refractivity contribution >= 4 is 52.1 Å². The van der Waals surface area contributed by atoms with Gasteiger partial charge < -0.3 is 10.0 Å². The number of carbonyl (C=O) groups excluding carboxylic acids is 1. The molecule has 2 aliphatic rings. The monoisotopic (exact) mass is 572 g/mol.